The number of benzene rings is 1. The van der Waals surface area contributed by atoms with E-state index in [9.17, 15) is 8.42 Å². The molecule has 0 saturated carbocycles. The summed E-state index contributed by atoms with van der Waals surface area (Å²) in [6.45, 7) is 1.69. The SMILES string of the molecule is COc1ccc(CCNS(=O)(=O)c2c(N)noc2C)cc1OC. The summed E-state index contributed by atoms with van der Waals surface area (Å²) < 4.78 is 42.1. The summed E-state index contributed by atoms with van der Waals surface area (Å²) in [5, 5.41) is 3.44. The van der Waals surface area contributed by atoms with Gasteiger partial charge >= 0.3 is 0 Å². The summed E-state index contributed by atoms with van der Waals surface area (Å²) in [4.78, 5) is -0.121. The first-order valence-electron chi connectivity index (χ1n) is 6.81. The van der Waals surface area contributed by atoms with E-state index in [4.69, 9.17) is 19.7 Å². The summed E-state index contributed by atoms with van der Waals surface area (Å²) in [6.07, 6.45) is 0.476. The summed E-state index contributed by atoms with van der Waals surface area (Å²) in [6, 6.07) is 5.41. The van der Waals surface area contributed by atoms with Crippen LogP contribution in [0.25, 0.3) is 0 Å². The van der Waals surface area contributed by atoms with E-state index in [2.05, 4.69) is 9.88 Å². The third kappa shape index (κ3) is 3.74. The molecule has 1 aromatic carbocycles. The molecule has 0 aliphatic carbocycles. The molecule has 0 saturated heterocycles. The lowest BCUT2D eigenvalue weighted by molar-refractivity contribution is 0.354. The van der Waals surface area contributed by atoms with Crippen LogP contribution in [0.1, 0.15) is 11.3 Å². The largest absolute Gasteiger partial charge is 0.493 e. The van der Waals surface area contributed by atoms with Crippen molar-refractivity contribution in [3.8, 4) is 11.5 Å². The Labute approximate surface area is 134 Å². The van der Waals surface area contributed by atoms with E-state index in [0.29, 0.717) is 17.9 Å². The fourth-order valence-electron chi connectivity index (χ4n) is 2.15. The van der Waals surface area contributed by atoms with Crippen LogP contribution in [-0.2, 0) is 16.4 Å². The topological polar surface area (TPSA) is 117 Å². The molecule has 3 N–H and O–H groups in total. The van der Waals surface area contributed by atoms with Crippen LogP contribution in [0.3, 0.4) is 0 Å². The molecule has 0 spiro atoms. The average molecular weight is 341 g/mol. The Hall–Kier alpha value is -2.26. The number of nitrogen functional groups attached to an aromatic ring is 1. The molecule has 126 valence electrons. The number of nitrogens with one attached hydrogen (secondary N) is 1. The number of aryl methyl sites for hydroxylation is 1. The second kappa shape index (κ2) is 6.88. The van der Waals surface area contributed by atoms with Gasteiger partial charge in [0.05, 0.1) is 14.2 Å². The maximum Gasteiger partial charge on any atom is 0.247 e. The maximum absolute atomic E-state index is 12.2. The van der Waals surface area contributed by atoms with Crippen LogP contribution < -0.4 is 19.9 Å². The van der Waals surface area contributed by atoms with Crippen molar-refractivity contribution in [1.82, 2.24) is 9.88 Å². The van der Waals surface area contributed by atoms with Crippen LogP contribution in [0, 0.1) is 6.92 Å². The number of rotatable bonds is 7. The third-order valence-electron chi connectivity index (χ3n) is 3.26. The Kier molecular flexibility index (Phi) is 5.12. The normalized spacial score (nSPS) is 11.4. The highest BCUT2D eigenvalue weighted by Gasteiger charge is 2.24. The maximum atomic E-state index is 12.2. The average Bonchev–Trinajstić information content (AvgIpc) is 2.86. The van der Waals surface area contributed by atoms with E-state index < -0.39 is 10.0 Å². The number of methoxy groups -OCH3 is 2. The van der Waals surface area contributed by atoms with Crippen LogP contribution in [0.5, 0.6) is 11.5 Å². The van der Waals surface area contributed by atoms with Crippen molar-refractivity contribution in [2.24, 2.45) is 0 Å². The lowest BCUT2D eigenvalue weighted by Crippen LogP contribution is -2.26. The van der Waals surface area contributed by atoms with E-state index in [1.165, 1.54) is 6.92 Å². The quantitative estimate of drug-likeness (QED) is 0.774. The Morgan fingerprint density at radius 1 is 1.26 bits per heavy atom. The van der Waals surface area contributed by atoms with Crippen molar-refractivity contribution in [3.05, 3.63) is 29.5 Å². The van der Waals surface area contributed by atoms with E-state index in [1.807, 2.05) is 6.07 Å². The van der Waals surface area contributed by atoms with Gasteiger partial charge in [0.1, 0.15) is 0 Å². The zero-order chi connectivity index (χ0) is 17.0. The molecule has 2 aromatic rings. The smallest absolute Gasteiger partial charge is 0.247 e. The molecule has 0 bridgehead atoms. The highest BCUT2D eigenvalue weighted by molar-refractivity contribution is 7.89. The molecule has 1 heterocycles. The van der Waals surface area contributed by atoms with Gasteiger partial charge in [-0.3, -0.25) is 0 Å². The molecule has 23 heavy (non-hydrogen) atoms. The summed E-state index contributed by atoms with van der Waals surface area (Å²) in [7, 11) is -0.668. The third-order valence-corrected chi connectivity index (χ3v) is 4.87. The standard InChI is InChI=1S/C14H19N3O5S/c1-9-13(14(15)17-22-9)23(18,19)16-7-6-10-4-5-11(20-2)12(8-10)21-3/h4-5,8,16H,6-7H2,1-3H3,(H2,15,17). The number of nitrogens with two attached hydrogens (primary N) is 1. The minimum absolute atomic E-state index is 0.121. The second-order valence-corrected chi connectivity index (χ2v) is 6.49. The molecule has 0 unspecified atom stereocenters. The van der Waals surface area contributed by atoms with Crippen molar-refractivity contribution in [1.29, 1.82) is 0 Å². The first kappa shape index (κ1) is 17.1. The molecule has 2 rings (SSSR count). The van der Waals surface area contributed by atoms with Crippen LogP contribution >= 0.6 is 0 Å². The highest BCUT2D eigenvalue weighted by Crippen LogP contribution is 2.27. The number of ether oxygens (including phenoxy) is 2. The van der Waals surface area contributed by atoms with Gasteiger partial charge < -0.3 is 19.7 Å². The lowest BCUT2D eigenvalue weighted by atomic mass is 10.1. The van der Waals surface area contributed by atoms with E-state index in [1.54, 1.807) is 26.4 Å². The highest BCUT2D eigenvalue weighted by atomic mass is 32.2. The van der Waals surface area contributed by atoms with Gasteiger partial charge in [0.25, 0.3) is 0 Å². The number of sulfonamides is 1. The zero-order valence-electron chi connectivity index (χ0n) is 13.1. The van der Waals surface area contributed by atoms with Gasteiger partial charge in [-0.2, -0.15) is 0 Å². The number of aromatic nitrogens is 1. The van der Waals surface area contributed by atoms with Crippen molar-refractivity contribution in [2.75, 3.05) is 26.5 Å². The Bertz CT molecular complexity index is 766. The van der Waals surface area contributed by atoms with Gasteiger partial charge in [0, 0.05) is 6.54 Å². The van der Waals surface area contributed by atoms with Gasteiger partial charge in [-0.1, -0.05) is 11.2 Å². The van der Waals surface area contributed by atoms with Crippen molar-refractivity contribution in [2.45, 2.75) is 18.2 Å². The molecule has 0 aliphatic heterocycles. The van der Waals surface area contributed by atoms with Crippen LogP contribution in [-0.4, -0.2) is 34.3 Å². The van der Waals surface area contributed by atoms with E-state index in [-0.39, 0.29) is 23.0 Å². The summed E-state index contributed by atoms with van der Waals surface area (Å²) in [5.41, 5.74) is 6.43. The van der Waals surface area contributed by atoms with E-state index >= 15 is 0 Å². The molecule has 0 fully saturated rings. The molecular formula is C14H19N3O5S. The molecule has 1 aromatic heterocycles. The first-order chi connectivity index (χ1) is 10.9. The van der Waals surface area contributed by atoms with Gasteiger partial charge in [0.15, 0.2) is 28.0 Å². The van der Waals surface area contributed by atoms with Gasteiger partial charge in [0.2, 0.25) is 10.0 Å². The predicted molar refractivity (Wildman–Crippen MR) is 84.1 cm³/mol. The number of hydrogen-bond acceptors (Lipinski definition) is 7. The van der Waals surface area contributed by atoms with Gasteiger partial charge in [-0.25, -0.2) is 13.1 Å². The fraction of sp³-hybridized carbons (Fsp3) is 0.357. The molecule has 0 atom stereocenters. The number of nitrogens with zero attached hydrogens (tertiary/aromatic N) is 1. The Morgan fingerprint density at radius 3 is 2.52 bits per heavy atom. The molecule has 0 radical (unpaired) electrons. The first-order valence-corrected chi connectivity index (χ1v) is 8.29. The zero-order valence-corrected chi connectivity index (χ0v) is 13.9. The fourth-order valence-corrected chi connectivity index (χ4v) is 3.39. The lowest BCUT2D eigenvalue weighted by Gasteiger charge is -2.10. The van der Waals surface area contributed by atoms with Crippen molar-refractivity contribution >= 4 is 15.8 Å². The molecular weight excluding hydrogens is 322 g/mol. The van der Waals surface area contributed by atoms with Crippen molar-refractivity contribution < 1.29 is 22.4 Å². The molecule has 8 nitrogen and oxygen atoms in total. The number of hydrogen-bond donors (Lipinski definition) is 2. The summed E-state index contributed by atoms with van der Waals surface area (Å²) in [5.74, 6) is 1.21. The monoisotopic (exact) mass is 341 g/mol. The Balaban J connectivity index is 2.05. The van der Waals surface area contributed by atoms with Crippen LogP contribution in [0.15, 0.2) is 27.6 Å². The van der Waals surface area contributed by atoms with Crippen molar-refractivity contribution in [3.63, 3.8) is 0 Å². The molecule has 9 heteroatoms. The van der Waals surface area contributed by atoms with Crippen LogP contribution in [0.2, 0.25) is 0 Å². The predicted octanol–water partition coefficient (Wildman–Crippen LogP) is 1.10. The van der Waals surface area contributed by atoms with Gasteiger partial charge in [-0.15, -0.1) is 0 Å². The second-order valence-electron chi connectivity index (χ2n) is 4.79. The molecule has 0 aliphatic rings. The van der Waals surface area contributed by atoms with E-state index in [0.717, 1.165) is 5.56 Å². The molecule has 0 amide bonds. The minimum Gasteiger partial charge on any atom is -0.493 e. The number of anilines is 1. The summed E-state index contributed by atoms with van der Waals surface area (Å²) >= 11 is 0. The minimum atomic E-state index is -3.76. The van der Waals surface area contributed by atoms with Crippen LogP contribution in [0.4, 0.5) is 5.82 Å². The van der Waals surface area contributed by atoms with Gasteiger partial charge in [-0.05, 0) is 31.0 Å². The Morgan fingerprint density at radius 2 is 1.96 bits per heavy atom.